The molecule has 6 heteroatoms. The van der Waals surface area contributed by atoms with Gasteiger partial charge in [0.15, 0.2) is 0 Å². The summed E-state index contributed by atoms with van der Waals surface area (Å²) >= 11 is 0. The number of para-hydroxylation sites is 2. The standard InChI is InChI=1S/C104H92BN5/c1-100(2,3)63-30-25-29-62(49-63)77-51-64(101(4,5)6)40-44-86(77)106-68-56-83-78-50-61(60-27-17-16-18-28-60)39-45-90(78)109-93-59-92-94(76-37-26-36-75-73-34-22-20-32-71(73)70-31-19-21-33-72(70)74-35-23-24-38-87(74)108(92)96(75)76)99-95(93)105(85(57-68)97(83)109)84-55-67(104(13,14)15)54-82-81-58-69(43-48-91(81)110(99)98(82)84)107-88-46-41-65(102(7,8)9)52-79(88)80-53-66(103(10,11)12)42-47-89(80)107/h16-21,23-33,35-59,106H,22,34H2,1-15H3/i16D,17D,18D,27D,28D. The van der Waals surface area contributed by atoms with E-state index in [-0.39, 0.29) is 63.5 Å². The molecule has 21 rings (SSSR count). The first kappa shape index (κ1) is 61.3. The number of anilines is 2. The zero-order valence-electron chi connectivity index (χ0n) is 70.6. The third-order valence-corrected chi connectivity index (χ3v) is 25.0. The molecule has 0 bridgehead atoms. The van der Waals surface area contributed by atoms with Crippen molar-refractivity contribution in [3.63, 3.8) is 0 Å². The molecule has 0 atom stereocenters. The van der Waals surface area contributed by atoms with Gasteiger partial charge < -0.3 is 23.4 Å². The van der Waals surface area contributed by atoms with Gasteiger partial charge in [0, 0.05) is 93.2 Å². The van der Waals surface area contributed by atoms with E-state index < -0.39 is 6.04 Å². The number of nitrogens with one attached hydrogen (secondary N) is 1. The van der Waals surface area contributed by atoms with Crippen LogP contribution in [0.3, 0.4) is 0 Å². The third kappa shape index (κ3) is 9.72. The van der Waals surface area contributed by atoms with Crippen LogP contribution in [-0.4, -0.2) is 24.8 Å². The lowest BCUT2D eigenvalue weighted by Crippen LogP contribution is -2.59. The van der Waals surface area contributed by atoms with Gasteiger partial charge in [-0.05, 0) is 220 Å². The third-order valence-electron chi connectivity index (χ3n) is 25.0. The van der Waals surface area contributed by atoms with Crippen molar-refractivity contribution in [2.24, 2.45) is 0 Å². The van der Waals surface area contributed by atoms with E-state index in [1.807, 2.05) is 6.07 Å². The van der Waals surface area contributed by atoms with Gasteiger partial charge in [0.2, 0.25) is 0 Å². The van der Waals surface area contributed by atoms with E-state index in [4.69, 9.17) is 4.11 Å². The Labute approximate surface area is 651 Å². The zero-order chi connectivity index (χ0) is 79.7. The topological polar surface area (TPSA) is 31.2 Å². The number of allylic oxidation sites excluding steroid dienone is 1. The molecule has 2 aliphatic heterocycles. The van der Waals surface area contributed by atoms with Gasteiger partial charge in [-0.15, -0.1) is 0 Å². The fraction of sp³-hybridized carbons (Fsp3) is 0.212. The number of nitrogens with zero attached hydrogens (tertiary/aromatic N) is 4. The predicted molar refractivity (Wildman–Crippen MR) is 475 cm³/mol. The van der Waals surface area contributed by atoms with Crippen LogP contribution in [0.5, 0.6) is 0 Å². The molecule has 0 radical (unpaired) electrons. The SMILES string of the molecule is [2H]c1c([2H])c([2H])c(-c2ccc3c(c2)c2cc(Nc4ccc(C(C)(C)C)cc4-c4cccc(C(C)(C)C)c4)cc4c2n3-c2cc3c(c5c2B4c2cc(C(C)(C)C)cc4c6cc(-n7c8ccc(C(C)(C)C)cc8c8cc(C(C)(C)C)ccc87)ccc6n-5c24)c2cccc4c5c(c6ccccc6c6ccccc6n3c42)C=CCC5)c([2H])c1[2H]. The van der Waals surface area contributed by atoms with E-state index in [0.717, 1.165) is 102 Å². The largest absolute Gasteiger partial charge is 0.355 e. The maximum absolute atomic E-state index is 9.51. The average Bonchev–Trinajstić information content (AvgIpc) is 1.52. The van der Waals surface area contributed by atoms with Crippen molar-refractivity contribution < 1.29 is 6.85 Å². The lowest BCUT2D eigenvalue weighted by Gasteiger charge is -2.35. The highest BCUT2D eigenvalue weighted by molar-refractivity contribution is 7.00. The van der Waals surface area contributed by atoms with Gasteiger partial charge in [0.05, 0.1) is 51.2 Å². The minimum Gasteiger partial charge on any atom is -0.355 e. The number of aromatic nitrogens is 4. The van der Waals surface area contributed by atoms with Gasteiger partial charge in [0.1, 0.15) is 0 Å². The van der Waals surface area contributed by atoms with Crippen molar-refractivity contribution in [1.82, 2.24) is 18.1 Å². The molecule has 536 valence electrons. The quantitative estimate of drug-likeness (QED) is 0.171. The Morgan fingerprint density at radius 3 is 1.66 bits per heavy atom. The molecule has 18 aromatic rings. The molecule has 0 spiro atoms. The average molecular weight is 1430 g/mol. The summed E-state index contributed by atoms with van der Waals surface area (Å²) < 4.78 is 56.2. The van der Waals surface area contributed by atoms with Crippen LogP contribution in [-0.2, 0) is 33.5 Å². The summed E-state index contributed by atoms with van der Waals surface area (Å²) in [5.74, 6) is 0. The van der Waals surface area contributed by atoms with Gasteiger partial charge in [-0.25, -0.2) is 0 Å². The molecule has 1 aliphatic carbocycles. The Balaban J connectivity index is 0.952. The summed E-state index contributed by atoms with van der Waals surface area (Å²) in [6.45, 7) is 34.3. The van der Waals surface area contributed by atoms with E-state index in [1.54, 1.807) is 0 Å². The first-order chi connectivity index (χ1) is 54.8. The highest BCUT2D eigenvalue weighted by Crippen LogP contribution is 2.50. The summed E-state index contributed by atoms with van der Waals surface area (Å²) in [4.78, 5) is 0. The Morgan fingerprint density at radius 1 is 0.373 bits per heavy atom. The maximum atomic E-state index is 9.51. The van der Waals surface area contributed by atoms with Gasteiger partial charge in [-0.3, -0.25) is 0 Å². The first-order valence-corrected chi connectivity index (χ1v) is 39.5. The molecule has 0 unspecified atom stereocenters. The number of fused-ring (bicyclic) bond motifs is 24. The molecule has 110 heavy (non-hydrogen) atoms. The molecule has 5 aromatic heterocycles. The monoisotopic (exact) mass is 1430 g/mol. The number of aryl methyl sites for hydroxylation is 1. The van der Waals surface area contributed by atoms with Crippen LogP contribution in [0.1, 0.15) is 156 Å². The zero-order valence-corrected chi connectivity index (χ0v) is 65.6. The number of hydrogen-bond donors (Lipinski definition) is 1. The van der Waals surface area contributed by atoms with Gasteiger partial charge in [-0.1, -0.05) is 261 Å². The van der Waals surface area contributed by atoms with Crippen molar-refractivity contribution in [2.45, 2.75) is 144 Å². The van der Waals surface area contributed by atoms with Crippen molar-refractivity contribution in [1.29, 1.82) is 0 Å². The first-order valence-electron chi connectivity index (χ1n) is 42.0. The normalized spacial score (nSPS) is 14.5. The van der Waals surface area contributed by atoms with E-state index in [9.17, 15) is 2.74 Å². The van der Waals surface area contributed by atoms with Crippen LogP contribution in [0.25, 0.3) is 160 Å². The minimum absolute atomic E-state index is 0.0621. The molecule has 0 saturated heterocycles. The van der Waals surface area contributed by atoms with Crippen LogP contribution in [0, 0.1) is 0 Å². The van der Waals surface area contributed by atoms with E-state index in [1.165, 1.54) is 120 Å². The maximum Gasteiger partial charge on any atom is 0.252 e. The molecule has 13 aromatic carbocycles. The smallest absolute Gasteiger partial charge is 0.252 e. The van der Waals surface area contributed by atoms with Crippen LogP contribution in [0.4, 0.5) is 11.4 Å². The molecule has 5 nitrogen and oxygen atoms in total. The summed E-state index contributed by atoms with van der Waals surface area (Å²) in [5.41, 5.74) is 30.0. The predicted octanol–water partition coefficient (Wildman–Crippen LogP) is 26.1. The Morgan fingerprint density at radius 2 is 0.936 bits per heavy atom. The van der Waals surface area contributed by atoms with E-state index in [0.29, 0.717) is 5.56 Å². The summed E-state index contributed by atoms with van der Waals surface area (Å²) in [7, 11) is 0. The van der Waals surface area contributed by atoms with Crippen LogP contribution in [0.2, 0.25) is 0 Å². The number of rotatable bonds is 5. The van der Waals surface area contributed by atoms with Crippen molar-refractivity contribution >= 4 is 155 Å². The molecular weight excluding hydrogens is 1330 g/mol. The lowest BCUT2D eigenvalue weighted by molar-refractivity contribution is 0.589. The number of benzene rings is 13. The Hall–Kier alpha value is -11.6. The Bertz CT molecular complexity index is 7420. The molecular formula is C104H92BN5. The Kier molecular flexibility index (Phi) is 12.8. The molecule has 3 aliphatic rings. The molecule has 1 N–H and O–H groups in total. The number of hydrogen-bond acceptors (Lipinski definition) is 1. The minimum atomic E-state index is -0.417. The van der Waals surface area contributed by atoms with Gasteiger partial charge in [0.25, 0.3) is 6.71 Å². The van der Waals surface area contributed by atoms with Crippen molar-refractivity contribution in [3.8, 4) is 39.3 Å². The van der Waals surface area contributed by atoms with E-state index >= 15 is 0 Å². The fourth-order valence-electron chi connectivity index (χ4n) is 19.3. The summed E-state index contributed by atoms with van der Waals surface area (Å²) in [5, 5.41) is 18.1. The van der Waals surface area contributed by atoms with Gasteiger partial charge in [-0.2, -0.15) is 0 Å². The summed E-state index contributed by atoms with van der Waals surface area (Å²) in [6.07, 6.45) is 6.55. The van der Waals surface area contributed by atoms with E-state index in [2.05, 4.69) is 346 Å². The fourth-order valence-corrected chi connectivity index (χ4v) is 19.3. The highest BCUT2D eigenvalue weighted by Gasteiger charge is 2.44. The van der Waals surface area contributed by atoms with Crippen LogP contribution in [0.15, 0.2) is 249 Å². The molecule has 0 fully saturated rings. The second-order valence-corrected chi connectivity index (χ2v) is 37.0. The molecule has 0 amide bonds. The highest BCUT2D eigenvalue weighted by atomic mass is 15.1. The van der Waals surface area contributed by atoms with Crippen LogP contribution < -0.4 is 21.7 Å². The second-order valence-electron chi connectivity index (χ2n) is 37.0. The van der Waals surface area contributed by atoms with Gasteiger partial charge >= 0.3 is 0 Å². The second kappa shape index (κ2) is 23.0. The van der Waals surface area contributed by atoms with Crippen molar-refractivity contribution in [2.75, 3.05) is 5.32 Å². The molecule has 0 saturated carbocycles. The lowest BCUT2D eigenvalue weighted by atomic mass is 9.34. The summed E-state index contributed by atoms with van der Waals surface area (Å²) in [6, 6.07) is 79.9. The van der Waals surface area contributed by atoms with Crippen molar-refractivity contribution in [3.05, 3.63) is 288 Å². The van der Waals surface area contributed by atoms with Crippen LogP contribution >= 0.6 is 0 Å². The molecule has 7 heterocycles.